The summed E-state index contributed by atoms with van der Waals surface area (Å²) >= 11 is 0. The van der Waals surface area contributed by atoms with Crippen molar-refractivity contribution in [2.45, 2.75) is 55.7 Å². The van der Waals surface area contributed by atoms with Crippen LogP contribution in [0.3, 0.4) is 0 Å². The summed E-state index contributed by atoms with van der Waals surface area (Å²) in [5, 5.41) is 6.48. The Morgan fingerprint density at radius 1 is 0.618 bits per heavy atom. The Kier molecular flexibility index (Phi) is 26.7. The highest BCUT2D eigenvalue weighted by Gasteiger charge is 2.47. The highest BCUT2D eigenvalue weighted by molar-refractivity contribution is 8.13. The predicted molar refractivity (Wildman–Crippen MR) is 189 cm³/mol. The SMILES string of the molecule is CC[N+](C)(CCOC(=O)CCNCCC[Si](OC)(OC)OC)CCOC(=O)CCNCCC[Si](OC)(OC)OC.O=S(=O)([N-]S(=O)(=O)C(F)(F)F)C(F)(F)F. The molecule has 0 saturated heterocycles. The Balaban J connectivity index is 0. The highest BCUT2D eigenvalue weighted by atomic mass is 32.3. The van der Waals surface area contributed by atoms with E-state index in [1.54, 1.807) is 42.7 Å². The van der Waals surface area contributed by atoms with E-state index in [-0.39, 0.29) is 11.9 Å². The summed E-state index contributed by atoms with van der Waals surface area (Å²) in [6, 6.07) is 1.41. The Morgan fingerprint density at radius 3 is 1.18 bits per heavy atom. The number of sulfonamides is 2. The van der Waals surface area contributed by atoms with Gasteiger partial charge in [-0.3, -0.25) is 9.59 Å². The zero-order chi connectivity index (χ0) is 43.0. The van der Waals surface area contributed by atoms with Crippen LogP contribution in [0.15, 0.2) is 0 Å². The number of likely N-dealkylation sites (N-methyl/N-ethyl adjacent to an activating group) is 1. The van der Waals surface area contributed by atoms with Crippen molar-refractivity contribution in [3.05, 3.63) is 4.13 Å². The number of esters is 2. The molecule has 0 aromatic heterocycles. The van der Waals surface area contributed by atoms with E-state index in [9.17, 15) is 52.8 Å². The number of carbonyl (C=O) groups is 2. The van der Waals surface area contributed by atoms with Gasteiger partial charge in [-0.05, 0) is 32.9 Å². The van der Waals surface area contributed by atoms with E-state index in [0.717, 1.165) is 36.6 Å². The minimum Gasteiger partial charge on any atom is -0.460 e. The smallest absolute Gasteiger partial charge is 0.460 e. The number of halogens is 6. The molecule has 0 bridgehead atoms. The number of hydrogen-bond donors (Lipinski definition) is 2. The van der Waals surface area contributed by atoms with Gasteiger partial charge in [-0.2, -0.15) is 26.3 Å². The third-order valence-corrected chi connectivity index (χ3v) is 16.3. The van der Waals surface area contributed by atoms with Gasteiger partial charge in [0.15, 0.2) is 20.0 Å². The van der Waals surface area contributed by atoms with Gasteiger partial charge in [0, 0.05) is 67.8 Å². The van der Waals surface area contributed by atoms with Gasteiger partial charge >= 0.3 is 40.6 Å². The fraction of sp³-hybridized carbons (Fsp3) is 0.926. The summed E-state index contributed by atoms with van der Waals surface area (Å²) < 4.78 is 153. The Labute approximate surface area is 321 Å². The van der Waals surface area contributed by atoms with Crippen LogP contribution in [0.2, 0.25) is 12.1 Å². The van der Waals surface area contributed by atoms with Gasteiger partial charge in [-0.1, -0.05) is 0 Å². The molecule has 55 heavy (non-hydrogen) atoms. The molecule has 0 aromatic carbocycles. The lowest BCUT2D eigenvalue weighted by atomic mass is 10.3. The molecule has 0 radical (unpaired) electrons. The second-order valence-electron chi connectivity index (χ2n) is 11.5. The Hall–Kier alpha value is -1.55. The number of alkyl halides is 6. The van der Waals surface area contributed by atoms with Crippen molar-refractivity contribution < 1.29 is 93.3 Å². The minimum atomic E-state index is -6.72. The number of carbonyl (C=O) groups excluding carboxylic acids is 2. The average Bonchev–Trinajstić information content (AvgIpc) is 3.10. The molecule has 0 rings (SSSR count). The van der Waals surface area contributed by atoms with Gasteiger partial charge in [0.05, 0.1) is 26.4 Å². The Morgan fingerprint density at radius 2 is 0.927 bits per heavy atom. The van der Waals surface area contributed by atoms with Crippen molar-refractivity contribution in [3.63, 3.8) is 0 Å². The van der Waals surface area contributed by atoms with E-state index >= 15 is 0 Å². The maximum Gasteiger partial charge on any atom is 0.500 e. The molecular formula is C27H56F6N4O14S2Si2. The third-order valence-electron chi connectivity index (χ3n) is 7.88. The van der Waals surface area contributed by atoms with Gasteiger partial charge in [0.1, 0.15) is 26.3 Å². The van der Waals surface area contributed by atoms with Gasteiger partial charge in [-0.15, -0.1) is 0 Å². The van der Waals surface area contributed by atoms with Crippen LogP contribution in [0.4, 0.5) is 26.3 Å². The summed E-state index contributed by atoms with van der Waals surface area (Å²) in [7, 11) is -6.88. The first-order valence-electron chi connectivity index (χ1n) is 16.6. The number of hydrogen-bond acceptors (Lipinski definition) is 16. The molecule has 0 unspecified atom stereocenters. The van der Waals surface area contributed by atoms with Crippen molar-refractivity contribution >= 4 is 49.6 Å². The van der Waals surface area contributed by atoms with Crippen molar-refractivity contribution in [3.8, 4) is 0 Å². The Bertz CT molecular complexity index is 1200. The molecule has 0 spiro atoms. The molecule has 28 heteroatoms. The molecule has 0 heterocycles. The van der Waals surface area contributed by atoms with E-state index in [4.69, 9.17) is 36.0 Å². The molecule has 0 atom stereocenters. The minimum absolute atomic E-state index is 0.233. The summed E-state index contributed by atoms with van der Waals surface area (Å²) in [5.74, 6) is -0.466. The van der Waals surface area contributed by atoms with E-state index in [1.165, 1.54) is 0 Å². The lowest BCUT2D eigenvalue weighted by Gasteiger charge is -2.32. The number of rotatable bonds is 29. The van der Waals surface area contributed by atoms with Crippen molar-refractivity contribution in [2.24, 2.45) is 0 Å². The first kappa shape index (κ1) is 55.6. The van der Waals surface area contributed by atoms with E-state index in [2.05, 4.69) is 24.6 Å². The lowest BCUT2D eigenvalue weighted by Crippen LogP contribution is -2.48. The summed E-state index contributed by atoms with van der Waals surface area (Å²) in [6.45, 7) is 7.41. The maximum atomic E-state index is 12.1. The molecule has 0 saturated carbocycles. The molecular weight excluding hydrogens is 839 g/mol. The summed E-state index contributed by atoms with van der Waals surface area (Å²) in [5.41, 5.74) is -12.4. The average molecular weight is 895 g/mol. The number of ether oxygens (including phenoxy) is 2. The fourth-order valence-electron chi connectivity index (χ4n) is 4.15. The second-order valence-corrected chi connectivity index (χ2v) is 21.1. The molecule has 0 fully saturated rings. The first-order chi connectivity index (χ1) is 25.3. The third kappa shape index (κ3) is 22.3. The van der Waals surface area contributed by atoms with Crippen LogP contribution in [-0.4, -0.2) is 171 Å². The second kappa shape index (κ2) is 26.5. The zero-order valence-corrected chi connectivity index (χ0v) is 35.9. The van der Waals surface area contributed by atoms with Crippen LogP contribution in [0.1, 0.15) is 32.6 Å². The largest absolute Gasteiger partial charge is 0.500 e. The van der Waals surface area contributed by atoms with E-state index in [1.807, 2.05) is 0 Å². The normalized spacial score (nSPS) is 13.3. The van der Waals surface area contributed by atoms with Crippen molar-refractivity contribution in [1.29, 1.82) is 0 Å². The van der Waals surface area contributed by atoms with Crippen LogP contribution >= 0.6 is 0 Å². The standard InChI is InChI=1S/C25H56N3O10Si2.C2F6NO4S2/c1-9-28(2,18-20-37-24(29)12-16-26-14-10-22-39(31-3,32-4)33-5)19-21-38-25(30)13-17-27-15-11-23-40(34-6,35-7)36-8;3-1(4,5)14(10,11)9-15(12,13)2(6,7)8/h26-27H,9-23H2,1-8H3;/q+1;-1. The van der Waals surface area contributed by atoms with E-state index < -0.39 is 48.7 Å². The quantitative estimate of drug-likeness (QED) is 0.0362. The summed E-state index contributed by atoms with van der Waals surface area (Å²) in [4.78, 5) is 24.2. The van der Waals surface area contributed by atoms with Gasteiger partial charge in [0.25, 0.3) is 0 Å². The van der Waals surface area contributed by atoms with Crippen LogP contribution in [0.5, 0.6) is 0 Å². The van der Waals surface area contributed by atoms with Crippen molar-refractivity contribution in [1.82, 2.24) is 10.6 Å². The molecule has 0 aliphatic rings. The van der Waals surface area contributed by atoms with Crippen molar-refractivity contribution in [2.75, 3.05) is 109 Å². The van der Waals surface area contributed by atoms with Crippen LogP contribution in [0.25, 0.3) is 4.13 Å². The maximum absolute atomic E-state index is 12.1. The molecule has 0 amide bonds. The molecule has 18 nitrogen and oxygen atoms in total. The number of nitrogens with one attached hydrogen (secondary N) is 2. The first-order valence-corrected chi connectivity index (χ1v) is 23.3. The van der Waals surface area contributed by atoms with Crippen LogP contribution < -0.4 is 10.6 Å². The van der Waals surface area contributed by atoms with Gasteiger partial charge in [0.2, 0.25) is 0 Å². The molecule has 2 N–H and O–H groups in total. The van der Waals surface area contributed by atoms with Crippen LogP contribution in [-0.2, 0) is 65.7 Å². The van der Waals surface area contributed by atoms with Crippen LogP contribution in [0, 0.1) is 0 Å². The molecule has 0 aliphatic heterocycles. The number of quaternary nitrogens is 1. The zero-order valence-electron chi connectivity index (χ0n) is 32.3. The molecule has 330 valence electrons. The fourth-order valence-corrected chi connectivity index (χ4v) is 9.30. The van der Waals surface area contributed by atoms with Gasteiger partial charge < -0.3 is 55.3 Å². The molecule has 0 aromatic rings. The molecule has 0 aliphatic carbocycles. The number of nitrogens with zero attached hydrogens (tertiary/aromatic N) is 2. The monoisotopic (exact) mass is 894 g/mol. The lowest BCUT2D eigenvalue weighted by molar-refractivity contribution is -0.908. The van der Waals surface area contributed by atoms with Gasteiger partial charge in [-0.25, -0.2) is 16.8 Å². The topological polar surface area (TPSA) is 214 Å². The summed E-state index contributed by atoms with van der Waals surface area (Å²) in [6.07, 6.45) is 2.25. The van der Waals surface area contributed by atoms with E-state index in [0.29, 0.717) is 68.8 Å². The predicted octanol–water partition coefficient (Wildman–Crippen LogP) is 2.09. The highest BCUT2D eigenvalue weighted by Crippen LogP contribution is 2.36.